The number of aliphatic hydroxyl groups is 5. The van der Waals surface area contributed by atoms with E-state index in [1.54, 1.807) is 26.8 Å². The molecule has 0 amide bonds. The molecule has 15 nitrogen and oxygen atoms in total. The molecule has 8 rings (SSSR count). The Kier molecular flexibility index (Phi) is 10.8. The topological polar surface area (TPSA) is 201 Å². The standard InChI is InChI=1S/C39H60O15/c1-18-30(42)27(40)16-29(47-18)51-31-19(2)49-36(54-33(31)43)52-32-20(3)48-35(53-34(32)44)50-23-8-11-37(4)22(15-23)6-7-26-25(37)9-12-38(5)24(10-13-39(26,38)45)21-14-28(41)46-17-21/h14,18-20,22-27,29-36,40,42-45H,6-13,15-17H2,1-5H3/t18-,19-,20-,22-,23+,24-,25+,26-,27+,29+,30-,31-,32-,33+,34+,35+,36+,37+,38-,39+/m1/s1. The molecule has 20 atom stereocenters. The first-order valence-corrected chi connectivity index (χ1v) is 20.1. The van der Waals surface area contributed by atoms with Gasteiger partial charge in [0.2, 0.25) is 0 Å². The van der Waals surface area contributed by atoms with Crippen LogP contribution >= 0.6 is 0 Å². The van der Waals surface area contributed by atoms with Gasteiger partial charge in [0.1, 0.15) is 24.9 Å². The first-order chi connectivity index (χ1) is 25.6. The smallest absolute Gasteiger partial charge is 0.331 e. The summed E-state index contributed by atoms with van der Waals surface area (Å²) in [5.41, 5.74) is 0.0893. The van der Waals surface area contributed by atoms with Crippen molar-refractivity contribution < 1.29 is 73.0 Å². The Hall–Kier alpha value is -1.31. The zero-order chi connectivity index (χ0) is 38.3. The number of cyclic esters (lactones) is 1. The van der Waals surface area contributed by atoms with Gasteiger partial charge in [0.15, 0.2) is 18.9 Å². The van der Waals surface area contributed by atoms with Crippen molar-refractivity contribution in [1.82, 2.24) is 0 Å². The van der Waals surface area contributed by atoms with Crippen molar-refractivity contribution >= 4 is 5.97 Å². The van der Waals surface area contributed by atoms with Crippen molar-refractivity contribution in [2.24, 2.45) is 34.5 Å². The summed E-state index contributed by atoms with van der Waals surface area (Å²) in [6, 6.07) is 0. The second kappa shape index (κ2) is 14.8. The van der Waals surface area contributed by atoms with Crippen LogP contribution in [0.15, 0.2) is 11.6 Å². The van der Waals surface area contributed by atoms with Gasteiger partial charge in [0, 0.05) is 17.9 Å². The summed E-state index contributed by atoms with van der Waals surface area (Å²) < 4.78 is 52.1. The Labute approximate surface area is 316 Å². The van der Waals surface area contributed by atoms with Gasteiger partial charge in [-0.3, -0.25) is 9.47 Å². The third-order valence-electron chi connectivity index (χ3n) is 15.1. The fraction of sp³-hybridized carbons (Fsp3) is 0.923. The second-order valence-corrected chi connectivity index (χ2v) is 17.9. The van der Waals surface area contributed by atoms with Crippen LogP contribution in [-0.2, 0) is 47.4 Å². The van der Waals surface area contributed by atoms with E-state index in [2.05, 4.69) is 13.8 Å². The maximum atomic E-state index is 12.5. The minimum absolute atomic E-state index is 0.0121. The Bertz CT molecular complexity index is 1380. The van der Waals surface area contributed by atoms with Gasteiger partial charge in [0.05, 0.1) is 36.1 Å². The molecule has 4 aliphatic heterocycles. The zero-order valence-corrected chi connectivity index (χ0v) is 32.0. The van der Waals surface area contributed by atoms with Gasteiger partial charge in [-0.1, -0.05) is 13.8 Å². The Morgan fingerprint density at radius 2 is 1.41 bits per heavy atom. The van der Waals surface area contributed by atoms with Crippen LogP contribution in [-0.4, -0.2) is 124 Å². The number of rotatable bonds is 7. The van der Waals surface area contributed by atoms with E-state index >= 15 is 0 Å². The number of ether oxygens (including phenoxy) is 9. The van der Waals surface area contributed by atoms with E-state index in [1.165, 1.54) is 0 Å². The van der Waals surface area contributed by atoms with Crippen LogP contribution in [0.1, 0.15) is 98.8 Å². The van der Waals surface area contributed by atoms with Gasteiger partial charge in [-0.05, 0) is 113 Å². The lowest BCUT2D eigenvalue weighted by molar-refractivity contribution is -0.467. The number of aliphatic hydroxyl groups excluding tert-OH is 4. The molecule has 0 aromatic rings. The van der Waals surface area contributed by atoms with Crippen LogP contribution in [0.4, 0.5) is 0 Å². The van der Waals surface area contributed by atoms with Crippen molar-refractivity contribution in [3.63, 3.8) is 0 Å². The summed E-state index contributed by atoms with van der Waals surface area (Å²) in [7, 11) is 0. The first kappa shape index (κ1) is 39.5. The molecule has 0 aromatic carbocycles. The second-order valence-electron chi connectivity index (χ2n) is 17.9. The predicted octanol–water partition coefficient (Wildman–Crippen LogP) is 2.33. The van der Waals surface area contributed by atoms with E-state index < -0.39 is 80.2 Å². The van der Waals surface area contributed by atoms with Crippen molar-refractivity contribution in [2.45, 2.75) is 185 Å². The molecule has 3 saturated heterocycles. The number of fused-ring (bicyclic) bond motifs is 5. The molecule has 7 fully saturated rings. The highest BCUT2D eigenvalue weighted by Crippen LogP contribution is 2.70. The Balaban J connectivity index is 0.826. The molecule has 306 valence electrons. The molecular weight excluding hydrogens is 708 g/mol. The Morgan fingerprint density at radius 3 is 2.06 bits per heavy atom. The zero-order valence-electron chi connectivity index (χ0n) is 32.0. The van der Waals surface area contributed by atoms with Crippen molar-refractivity contribution in [1.29, 1.82) is 0 Å². The summed E-state index contributed by atoms with van der Waals surface area (Å²) in [6.45, 7) is 7.55. The van der Waals surface area contributed by atoms with Crippen LogP contribution in [0.2, 0.25) is 0 Å². The van der Waals surface area contributed by atoms with Gasteiger partial charge in [-0.25, -0.2) is 4.79 Å². The highest BCUT2D eigenvalue weighted by molar-refractivity contribution is 5.85. The maximum absolute atomic E-state index is 12.5. The summed E-state index contributed by atoms with van der Waals surface area (Å²) in [6.07, 6.45) is -0.193. The molecule has 54 heavy (non-hydrogen) atoms. The molecule has 4 saturated carbocycles. The number of carbonyl (C=O) groups is 1. The lowest BCUT2D eigenvalue weighted by Gasteiger charge is -2.63. The van der Waals surface area contributed by atoms with E-state index in [4.69, 9.17) is 42.6 Å². The molecule has 0 bridgehead atoms. The van der Waals surface area contributed by atoms with Crippen LogP contribution in [0.25, 0.3) is 0 Å². The lowest BCUT2D eigenvalue weighted by atomic mass is 9.43. The van der Waals surface area contributed by atoms with Gasteiger partial charge >= 0.3 is 5.97 Å². The lowest BCUT2D eigenvalue weighted by Crippen LogP contribution is -2.62. The van der Waals surface area contributed by atoms with E-state index in [0.717, 1.165) is 63.4 Å². The quantitative estimate of drug-likeness (QED) is 0.236. The average Bonchev–Trinajstić information content (AvgIpc) is 3.66. The highest BCUT2D eigenvalue weighted by atomic mass is 16.9. The molecule has 4 heterocycles. The van der Waals surface area contributed by atoms with Crippen molar-refractivity contribution in [2.75, 3.05) is 6.61 Å². The number of carbonyl (C=O) groups excluding carboxylic acids is 1. The van der Waals surface area contributed by atoms with Crippen molar-refractivity contribution in [3.8, 4) is 0 Å². The number of esters is 1. The fourth-order valence-electron chi connectivity index (χ4n) is 12.0. The van der Waals surface area contributed by atoms with Crippen LogP contribution in [0, 0.1) is 34.5 Å². The monoisotopic (exact) mass is 768 g/mol. The third kappa shape index (κ3) is 6.80. The fourth-order valence-corrected chi connectivity index (χ4v) is 12.0. The normalized spacial score (nSPS) is 55.0. The molecule has 4 aliphatic carbocycles. The molecule has 0 spiro atoms. The highest BCUT2D eigenvalue weighted by Gasteiger charge is 2.68. The molecule has 0 radical (unpaired) electrons. The van der Waals surface area contributed by atoms with Crippen molar-refractivity contribution in [3.05, 3.63) is 11.6 Å². The van der Waals surface area contributed by atoms with E-state index in [1.807, 2.05) is 0 Å². The van der Waals surface area contributed by atoms with E-state index in [9.17, 15) is 30.3 Å². The van der Waals surface area contributed by atoms with Gasteiger partial charge in [0.25, 0.3) is 13.0 Å². The van der Waals surface area contributed by atoms with Crippen LogP contribution in [0.5, 0.6) is 0 Å². The molecule has 8 aliphatic rings. The molecule has 15 heteroatoms. The third-order valence-corrected chi connectivity index (χ3v) is 15.1. The maximum Gasteiger partial charge on any atom is 0.331 e. The van der Waals surface area contributed by atoms with E-state index in [0.29, 0.717) is 18.4 Å². The molecule has 0 unspecified atom stereocenters. The SMILES string of the molecule is C[C@H]1O[C@@H](O[C@@H]2[C@@H](C)O[C@@H](O[C@@H]3[C@@H](C)O[C@@H](O[C@H]4CC[C@@]5(C)[C@H](CC[C@@H]6[C@@H]5CC[C@]5(C)[C@@H](C7=CC(=O)OC7)CC[C@]65O)C4)O[C@@H]3O)O[C@@H]2O)C[C@H](O)[C@@H]1O. The molecule has 5 N–H and O–H groups in total. The molecular formula is C39H60O15. The van der Waals surface area contributed by atoms with Gasteiger partial charge in [-0.2, -0.15) is 0 Å². The average molecular weight is 769 g/mol. The van der Waals surface area contributed by atoms with Gasteiger partial charge < -0.3 is 58.7 Å². The first-order valence-electron chi connectivity index (χ1n) is 20.1. The summed E-state index contributed by atoms with van der Waals surface area (Å²) >= 11 is 0. The molecule has 0 aromatic heterocycles. The van der Waals surface area contributed by atoms with Crippen LogP contribution in [0.3, 0.4) is 0 Å². The summed E-state index contributed by atoms with van der Waals surface area (Å²) in [5.74, 6) is 0.949. The minimum atomic E-state index is -1.48. The minimum Gasteiger partial charge on any atom is -0.458 e. The Morgan fingerprint density at radius 1 is 0.722 bits per heavy atom. The number of hydrogen-bond acceptors (Lipinski definition) is 15. The van der Waals surface area contributed by atoms with E-state index in [-0.39, 0.29) is 41.2 Å². The van der Waals surface area contributed by atoms with Gasteiger partial charge in [-0.15, -0.1) is 0 Å². The predicted molar refractivity (Wildman–Crippen MR) is 184 cm³/mol. The largest absolute Gasteiger partial charge is 0.458 e. The summed E-state index contributed by atoms with van der Waals surface area (Å²) in [5, 5.41) is 54.3. The summed E-state index contributed by atoms with van der Waals surface area (Å²) in [4.78, 5) is 11.9. The van der Waals surface area contributed by atoms with Crippen LogP contribution < -0.4 is 0 Å². The number of hydrogen-bond donors (Lipinski definition) is 5.